The number of phenols is 2. The van der Waals surface area contributed by atoms with Crippen LogP contribution in [0.2, 0.25) is 0 Å². The SMILES string of the molecule is CC(O)CCCC(=O)CCC=Cc1cc(O)cc(O)c1. The molecule has 0 spiro atoms. The smallest absolute Gasteiger partial charge is 0.133 e. The van der Waals surface area contributed by atoms with Gasteiger partial charge in [-0.15, -0.1) is 0 Å². The molecule has 0 fully saturated rings. The van der Waals surface area contributed by atoms with Crippen LogP contribution in [0.15, 0.2) is 24.3 Å². The summed E-state index contributed by atoms with van der Waals surface area (Å²) < 4.78 is 0. The number of aromatic hydroxyl groups is 2. The Labute approximate surface area is 119 Å². The Bertz CT molecular complexity index is 443. The normalized spacial score (nSPS) is 12.7. The quantitative estimate of drug-likeness (QED) is 0.683. The van der Waals surface area contributed by atoms with Gasteiger partial charge < -0.3 is 15.3 Å². The second kappa shape index (κ2) is 8.38. The molecular weight excluding hydrogens is 256 g/mol. The number of carbonyl (C=O) groups is 1. The zero-order valence-electron chi connectivity index (χ0n) is 11.7. The summed E-state index contributed by atoms with van der Waals surface area (Å²) in [7, 11) is 0. The molecule has 0 bridgehead atoms. The van der Waals surface area contributed by atoms with Crippen LogP contribution in [0.1, 0.15) is 44.6 Å². The third-order valence-electron chi connectivity index (χ3n) is 2.90. The molecule has 0 saturated carbocycles. The highest BCUT2D eigenvalue weighted by Gasteiger charge is 2.02. The minimum Gasteiger partial charge on any atom is -0.508 e. The van der Waals surface area contributed by atoms with Crippen LogP contribution < -0.4 is 0 Å². The van der Waals surface area contributed by atoms with Crippen molar-refractivity contribution < 1.29 is 20.1 Å². The number of aliphatic hydroxyl groups is 1. The van der Waals surface area contributed by atoms with Gasteiger partial charge in [-0.05, 0) is 43.9 Å². The molecule has 0 aliphatic carbocycles. The summed E-state index contributed by atoms with van der Waals surface area (Å²) in [4.78, 5) is 11.5. The van der Waals surface area contributed by atoms with E-state index in [1.165, 1.54) is 6.07 Å². The van der Waals surface area contributed by atoms with Crippen LogP contribution in [0.4, 0.5) is 0 Å². The lowest BCUT2D eigenvalue weighted by Gasteiger charge is -2.02. The van der Waals surface area contributed by atoms with E-state index in [4.69, 9.17) is 5.11 Å². The second-order valence-corrected chi connectivity index (χ2v) is 5.00. The molecule has 1 rings (SSSR count). The Morgan fingerprint density at radius 3 is 2.45 bits per heavy atom. The molecular formula is C16H22O4. The minimum atomic E-state index is -0.346. The Morgan fingerprint density at radius 1 is 1.20 bits per heavy atom. The summed E-state index contributed by atoms with van der Waals surface area (Å²) in [6.07, 6.45) is 6.26. The number of hydrogen-bond acceptors (Lipinski definition) is 4. The fourth-order valence-electron chi connectivity index (χ4n) is 1.90. The Kier molecular flexibility index (Phi) is 6.81. The number of carbonyl (C=O) groups excluding carboxylic acids is 1. The monoisotopic (exact) mass is 278 g/mol. The van der Waals surface area contributed by atoms with Gasteiger partial charge in [0.2, 0.25) is 0 Å². The van der Waals surface area contributed by atoms with Gasteiger partial charge in [0.05, 0.1) is 6.10 Å². The van der Waals surface area contributed by atoms with Crippen molar-refractivity contribution >= 4 is 11.9 Å². The van der Waals surface area contributed by atoms with E-state index >= 15 is 0 Å². The van der Waals surface area contributed by atoms with Crippen molar-refractivity contribution in [1.29, 1.82) is 0 Å². The lowest BCUT2D eigenvalue weighted by atomic mass is 10.1. The van der Waals surface area contributed by atoms with E-state index in [9.17, 15) is 15.0 Å². The number of benzene rings is 1. The topological polar surface area (TPSA) is 77.8 Å². The summed E-state index contributed by atoms with van der Waals surface area (Å²) in [6.45, 7) is 1.72. The van der Waals surface area contributed by atoms with Gasteiger partial charge in [0.15, 0.2) is 0 Å². The lowest BCUT2D eigenvalue weighted by molar-refractivity contribution is -0.119. The molecule has 110 valence electrons. The summed E-state index contributed by atoms with van der Waals surface area (Å²) >= 11 is 0. The second-order valence-electron chi connectivity index (χ2n) is 5.00. The molecule has 1 atom stereocenters. The highest BCUT2D eigenvalue weighted by atomic mass is 16.3. The average Bonchev–Trinajstić information content (AvgIpc) is 2.33. The lowest BCUT2D eigenvalue weighted by Crippen LogP contribution is -2.02. The minimum absolute atomic E-state index is 0.0128. The molecule has 0 aromatic heterocycles. The van der Waals surface area contributed by atoms with Crippen molar-refractivity contribution in [1.82, 2.24) is 0 Å². The molecule has 1 unspecified atom stereocenters. The number of aliphatic hydroxyl groups excluding tert-OH is 1. The van der Waals surface area contributed by atoms with Crippen LogP contribution in [0.25, 0.3) is 6.08 Å². The van der Waals surface area contributed by atoms with E-state index in [2.05, 4.69) is 0 Å². The summed E-state index contributed by atoms with van der Waals surface area (Å²) in [5.74, 6) is 0.215. The van der Waals surface area contributed by atoms with E-state index in [-0.39, 0.29) is 23.4 Å². The molecule has 20 heavy (non-hydrogen) atoms. The third-order valence-corrected chi connectivity index (χ3v) is 2.90. The predicted molar refractivity (Wildman–Crippen MR) is 78.6 cm³/mol. The molecule has 0 aliphatic heterocycles. The number of allylic oxidation sites excluding steroid dienone is 1. The van der Waals surface area contributed by atoms with Gasteiger partial charge in [0.1, 0.15) is 17.3 Å². The highest BCUT2D eigenvalue weighted by molar-refractivity contribution is 5.78. The van der Waals surface area contributed by atoms with E-state index < -0.39 is 0 Å². The fraction of sp³-hybridized carbons (Fsp3) is 0.438. The highest BCUT2D eigenvalue weighted by Crippen LogP contribution is 2.21. The molecule has 0 amide bonds. The van der Waals surface area contributed by atoms with Crippen molar-refractivity contribution in [2.24, 2.45) is 0 Å². The first-order valence-electron chi connectivity index (χ1n) is 6.86. The predicted octanol–water partition coefficient (Wildman–Crippen LogP) is 3.01. The van der Waals surface area contributed by atoms with Gasteiger partial charge in [-0.3, -0.25) is 4.79 Å². The molecule has 0 radical (unpaired) electrons. The molecule has 0 heterocycles. The van der Waals surface area contributed by atoms with Crippen molar-refractivity contribution in [3.63, 3.8) is 0 Å². The first kappa shape index (κ1) is 16.2. The fourth-order valence-corrected chi connectivity index (χ4v) is 1.90. The van der Waals surface area contributed by atoms with Gasteiger partial charge in [0, 0.05) is 18.9 Å². The molecule has 4 nitrogen and oxygen atoms in total. The van der Waals surface area contributed by atoms with Gasteiger partial charge in [-0.2, -0.15) is 0 Å². The standard InChI is InChI=1S/C16H22O4/c1-12(17)5-4-8-14(18)7-3-2-6-13-9-15(19)11-16(20)10-13/h2,6,9-12,17,19-20H,3-5,7-8H2,1H3. The Hall–Kier alpha value is -1.81. The summed E-state index contributed by atoms with van der Waals surface area (Å²) in [6, 6.07) is 4.35. The van der Waals surface area contributed by atoms with E-state index in [1.54, 1.807) is 25.1 Å². The molecule has 4 heteroatoms. The maximum atomic E-state index is 11.5. The van der Waals surface area contributed by atoms with Crippen molar-refractivity contribution in [3.8, 4) is 11.5 Å². The zero-order chi connectivity index (χ0) is 15.0. The molecule has 1 aromatic rings. The number of Topliss-reactive ketones (excluding diaryl/α,β-unsaturated/α-hetero) is 1. The third kappa shape index (κ3) is 6.95. The molecule has 3 N–H and O–H groups in total. The van der Waals surface area contributed by atoms with Gasteiger partial charge in [-0.25, -0.2) is 0 Å². The van der Waals surface area contributed by atoms with Crippen LogP contribution in [0.3, 0.4) is 0 Å². The van der Waals surface area contributed by atoms with E-state index in [1.807, 2.05) is 6.08 Å². The largest absolute Gasteiger partial charge is 0.508 e. The van der Waals surface area contributed by atoms with E-state index in [0.29, 0.717) is 31.2 Å². The molecule has 0 aliphatic rings. The first-order chi connectivity index (χ1) is 9.47. The van der Waals surface area contributed by atoms with Crippen LogP contribution in [0.5, 0.6) is 11.5 Å². The van der Waals surface area contributed by atoms with Gasteiger partial charge in [0.25, 0.3) is 0 Å². The number of rotatable bonds is 8. The number of ketones is 1. The van der Waals surface area contributed by atoms with Crippen LogP contribution in [-0.2, 0) is 4.79 Å². The zero-order valence-corrected chi connectivity index (χ0v) is 11.7. The van der Waals surface area contributed by atoms with E-state index in [0.717, 1.165) is 6.42 Å². The van der Waals surface area contributed by atoms with Crippen molar-refractivity contribution in [2.75, 3.05) is 0 Å². The summed E-state index contributed by atoms with van der Waals surface area (Å²) in [5.41, 5.74) is 0.698. The van der Waals surface area contributed by atoms with Crippen LogP contribution in [-0.4, -0.2) is 27.2 Å². The van der Waals surface area contributed by atoms with Crippen LogP contribution >= 0.6 is 0 Å². The van der Waals surface area contributed by atoms with Gasteiger partial charge in [-0.1, -0.05) is 12.2 Å². The van der Waals surface area contributed by atoms with Crippen molar-refractivity contribution in [2.45, 2.75) is 45.1 Å². The Morgan fingerprint density at radius 2 is 1.85 bits per heavy atom. The average molecular weight is 278 g/mol. The number of phenolic OH excluding ortho intramolecular Hbond substituents is 2. The van der Waals surface area contributed by atoms with Crippen molar-refractivity contribution in [3.05, 3.63) is 29.8 Å². The maximum Gasteiger partial charge on any atom is 0.133 e. The van der Waals surface area contributed by atoms with Gasteiger partial charge >= 0.3 is 0 Å². The van der Waals surface area contributed by atoms with Crippen LogP contribution in [0, 0.1) is 0 Å². The Balaban J connectivity index is 2.29. The summed E-state index contributed by atoms with van der Waals surface area (Å²) in [5, 5.41) is 27.7. The molecule has 0 saturated heterocycles. The number of hydrogen-bond donors (Lipinski definition) is 3. The molecule has 1 aromatic carbocycles. The maximum absolute atomic E-state index is 11.5. The first-order valence-corrected chi connectivity index (χ1v) is 6.86.